The normalized spacial score (nSPS) is 25.9. The number of ether oxygens (including phenoxy) is 1. The molecule has 1 unspecified atom stereocenters. The number of imidazole rings is 1. The molecule has 1 amide bonds. The minimum atomic E-state index is 0.131. The summed E-state index contributed by atoms with van der Waals surface area (Å²) in [5, 5.41) is 1.25. The van der Waals surface area contributed by atoms with Crippen molar-refractivity contribution >= 4 is 33.5 Å². The van der Waals surface area contributed by atoms with Crippen LogP contribution in [-0.2, 0) is 13.6 Å². The summed E-state index contributed by atoms with van der Waals surface area (Å²) in [6, 6.07) is 13.6. The van der Waals surface area contributed by atoms with E-state index in [0.717, 1.165) is 59.9 Å². The number of hydrogen-bond donors (Lipinski definition) is 0. The van der Waals surface area contributed by atoms with Gasteiger partial charge in [-0.05, 0) is 86.6 Å². The Morgan fingerprint density at radius 3 is 2.64 bits per heavy atom. The first-order valence-corrected chi connectivity index (χ1v) is 16.1. The number of fused-ring (bicyclic) bond motifs is 2. The first-order chi connectivity index (χ1) is 20.4. The lowest BCUT2D eigenvalue weighted by atomic mass is 9.63. The predicted octanol–water partition coefficient (Wildman–Crippen LogP) is 6.47. The van der Waals surface area contributed by atoms with E-state index in [2.05, 4.69) is 57.3 Å². The zero-order valence-electron chi connectivity index (χ0n) is 25.1. The van der Waals surface area contributed by atoms with E-state index >= 15 is 0 Å². The maximum Gasteiger partial charge on any atom is 0.254 e. The molecule has 3 heterocycles. The molecule has 7 nitrogen and oxygen atoms in total. The van der Waals surface area contributed by atoms with Crippen LogP contribution in [0.1, 0.15) is 61.7 Å². The summed E-state index contributed by atoms with van der Waals surface area (Å²) < 4.78 is 10.6. The summed E-state index contributed by atoms with van der Waals surface area (Å²) in [5.74, 6) is 4.27. The second-order valence-corrected chi connectivity index (χ2v) is 14.3. The minimum Gasteiger partial charge on any atom is -0.494 e. The van der Waals surface area contributed by atoms with Gasteiger partial charge in [0, 0.05) is 61.8 Å². The van der Waals surface area contributed by atoms with Crippen molar-refractivity contribution in [3.05, 3.63) is 42.0 Å². The van der Waals surface area contributed by atoms with Crippen LogP contribution >= 0.6 is 0 Å². The molecule has 5 aliphatic carbocycles. The van der Waals surface area contributed by atoms with E-state index in [-0.39, 0.29) is 5.91 Å². The van der Waals surface area contributed by atoms with Gasteiger partial charge in [-0.25, -0.2) is 4.98 Å². The Labute approximate surface area is 247 Å². The molecule has 10 rings (SSSR count). The second-order valence-electron chi connectivity index (χ2n) is 14.3. The Balaban J connectivity index is 1.10. The van der Waals surface area contributed by atoms with Crippen molar-refractivity contribution in [1.29, 1.82) is 0 Å². The molecule has 7 heteroatoms. The third kappa shape index (κ3) is 3.70. The number of carbonyl (C=O) groups excluding carboxylic acids is 1. The first-order valence-electron chi connectivity index (χ1n) is 16.1. The highest BCUT2D eigenvalue weighted by atomic mass is 16.5. The van der Waals surface area contributed by atoms with Gasteiger partial charge in [-0.3, -0.25) is 4.79 Å². The standard InChI is InChI=1S/C35H41N5O2/c1-37(11-10-21-4-5-21)26-9-8-24-14-29(39(28(24)16-26)19-22-6-7-22)33-36-27-13-25(15-30(42-3)32(27)38(33)2)34(41)40-20-35-17-23(18-35)12-31(35)40/h8-9,13-16,21-23,31H,4-7,10-12,17-20H2,1-3H3. The van der Waals surface area contributed by atoms with Crippen molar-refractivity contribution in [3.8, 4) is 17.3 Å². The molecule has 2 bridgehead atoms. The lowest BCUT2D eigenvalue weighted by Crippen LogP contribution is -2.64. The molecule has 0 N–H and O–H groups in total. The number of benzene rings is 2. The summed E-state index contributed by atoms with van der Waals surface area (Å²) >= 11 is 0. The number of aryl methyl sites for hydroxylation is 1. The fraction of sp³-hybridized carbons (Fsp3) is 0.543. The van der Waals surface area contributed by atoms with Crippen LogP contribution in [0.25, 0.3) is 33.5 Å². The molecule has 2 aromatic heterocycles. The number of methoxy groups -OCH3 is 1. The van der Waals surface area contributed by atoms with E-state index in [1.165, 1.54) is 68.0 Å². The lowest BCUT2D eigenvalue weighted by molar-refractivity contribution is -0.0552. The Bertz CT molecular complexity index is 1750. The molecule has 0 radical (unpaired) electrons. The van der Waals surface area contributed by atoms with Gasteiger partial charge < -0.3 is 23.7 Å². The number of amides is 1. The van der Waals surface area contributed by atoms with E-state index in [0.29, 0.717) is 22.8 Å². The predicted molar refractivity (Wildman–Crippen MR) is 166 cm³/mol. The summed E-state index contributed by atoms with van der Waals surface area (Å²) in [6.45, 7) is 3.04. The fourth-order valence-corrected chi connectivity index (χ4v) is 8.65. The van der Waals surface area contributed by atoms with Crippen LogP contribution in [0.4, 0.5) is 5.69 Å². The van der Waals surface area contributed by atoms with Gasteiger partial charge in [-0.1, -0.05) is 18.9 Å². The molecular formula is C35H41N5O2. The van der Waals surface area contributed by atoms with Crippen LogP contribution in [0.3, 0.4) is 0 Å². The van der Waals surface area contributed by atoms with E-state index in [1.54, 1.807) is 7.11 Å². The Kier molecular flexibility index (Phi) is 5.23. The highest BCUT2D eigenvalue weighted by Crippen LogP contribution is 2.66. The van der Waals surface area contributed by atoms with Crippen LogP contribution in [0, 0.1) is 23.2 Å². The van der Waals surface area contributed by atoms with Crippen molar-refractivity contribution in [3.63, 3.8) is 0 Å². The molecule has 6 aliphatic rings. The monoisotopic (exact) mass is 563 g/mol. The van der Waals surface area contributed by atoms with Gasteiger partial charge in [0.1, 0.15) is 11.3 Å². The molecule has 218 valence electrons. The molecule has 1 aliphatic heterocycles. The maximum atomic E-state index is 13.7. The molecule has 2 aromatic carbocycles. The number of carbonyl (C=O) groups is 1. The molecular weight excluding hydrogens is 522 g/mol. The molecule has 6 fully saturated rings. The summed E-state index contributed by atoms with van der Waals surface area (Å²) in [7, 11) is 6.01. The molecule has 1 spiro atoms. The number of aromatic nitrogens is 3. The smallest absolute Gasteiger partial charge is 0.254 e. The van der Waals surface area contributed by atoms with Crippen molar-refractivity contribution in [2.24, 2.45) is 30.2 Å². The lowest BCUT2D eigenvalue weighted by Gasteiger charge is -2.56. The Hall–Kier alpha value is -3.48. The number of rotatable bonds is 9. The number of anilines is 1. The van der Waals surface area contributed by atoms with Gasteiger partial charge in [0.2, 0.25) is 0 Å². The fourth-order valence-electron chi connectivity index (χ4n) is 8.65. The first kappa shape index (κ1) is 25.1. The van der Waals surface area contributed by atoms with Crippen molar-refractivity contribution in [1.82, 2.24) is 19.0 Å². The quantitative estimate of drug-likeness (QED) is 0.234. The van der Waals surface area contributed by atoms with Crippen molar-refractivity contribution in [2.45, 2.75) is 64.0 Å². The van der Waals surface area contributed by atoms with Crippen molar-refractivity contribution < 1.29 is 9.53 Å². The molecule has 1 saturated heterocycles. The summed E-state index contributed by atoms with van der Waals surface area (Å²) in [4.78, 5) is 23.4. The zero-order valence-corrected chi connectivity index (χ0v) is 25.1. The number of hydrogen-bond acceptors (Lipinski definition) is 4. The third-order valence-electron chi connectivity index (χ3n) is 11.4. The van der Waals surface area contributed by atoms with Crippen LogP contribution in [0.5, 0.6) is 5.75 Å². The Morgan fingerprint density at radius 2 is 1.90 bits per heavy atom. The molecule has 42 heavy (non-hydrogen) atoms. The molecule has 4 aromatic rings. The van der Waals surface area contributed by atoms with E-state index < -0.39 is 0 Å². The zero-order chi connectivity index (χ0) is 28.3. The van der Waals surface area contributed by atoms with E-state index in [1.807, 2.05) is 12.1 Å². The van der Waals surface area contributed by atoms with Gasteiger partial charge in [0.25, 0.3) is 5.91 Å². The average Bonchev–Trinajstić information content (AvgIpc) is 3.87. The molecule has 5 saturated carbocycles. The number of nitrogens with zero attached hydrogens (tertiary/aromatic N) is 5. The number of likely N-dealkylation sites (tertiary alicyclic amines) is 1. The minimum absolute atomic E-state index is 0.131. The van der Waals surface area contributed by atoms with E-state index in [9.17, 15) is 4.79 Å². The molecule has 1 atom stereocenters. The third-order valence-corrected chi connectivity index (χ3v) is 11.4. The van der Waals surface area contributed by atoms with Gasteiger partial charge in [-0.2, -0.15) is 0 Å². The summed E-state index contributed by atoms with van der Waals surface area (Å²) in [5.41, 5.74) is 6.60. The van der Waals surface area contributed by atoms with Crippen molar-refractivity contribution in [2.75, 3.05) is 32.1 Å². The maximum absolute atomic E-state index is 13.7. The SMILES string of the molecule is COc1cc(C(=O)N2CC34CC(CC23)C4)cc2nc(-c3cc4ccc(N(C)CCC5CC5)cc4n3CC3CC3)n(C)c12. The second kappa shape index (κ2) is 8.77. The van der Waals surface area contributed by atoms with Gasteiger partial charge in [0.15, 0.2) is 5.82 Å². The Morgan fingerprint density at radius 1 is 1.10 bits per heavy atom. The highest BCUT2D eigenvalue weighted by Gasteiger charge is 2.67. The van der Waals surface area contributed by atoms with Gasteiger partial charge in [0.05, 0.1) is 23.8 Å². The average molecular weight is 564 g/mol. The van der Waals surface area contributed by atoms with Crippen LogP contribution in [-0.4, -0.2) is 58.2 Å². The highest BCUT2D eigenvalue weighted by molar-refractivity contribution is 6.01. The van der Waals surface area contributed by atoms with Gasteiger partial charge in [-0.15, -0.1) is 0 Å². The van der Waals surface area contributed by atoms with Crippen LogP contribution < -0.4 is 9.64 Å². The van der Waals surface area contributed by atoms with Crippen LogP contribution in [0.2, 0.25) is 0 Å². The van der Waals surface area contributed by atoms with E-state index in [4.69, 9.17) is 9.72 Å². The van der Waals surface area contributed by atoms with Crippen LogP contribution in [0.15, 0.2) is 36.4 Å². The topological polar surface area (TPSA) is 55.5 Å². The van der Waals surface area contributed by atoms with Gasteiger partial charge >= 0.3 is 0 Å². The largest absolute Gasteiger partial charge is 0.494 e. The summed E-state index contributed by atoms with van der Waals surface area (Å²) in [6.07, 6.45) is 10.5.